The normalized spacial score (nSPS) is 11.6. The molecule has 1 heterocycles. The van der Waals surface area contributed by atoms with Gasteiger partial charge in [-0.15, -0.1) is 0 Å². The summed E-state index contributed by atoms with van der Waals surface area (Å²) in [5, 5.41) is 14.2. The van der Waals surface area contributed by atoms with E-state index in [1.165, 1.54) is 65.3 Å². The fourth-order valence-electron chi connectivity index (χ4n) is 11.3. The number of nitrogens with zero attached hydrogens (tertiary/aromatic N) is 2. The van der Waals surface area contributed by atoms with Crippen molar-refractivity contribution in [1.82, 2.24) is 9.97 Å². The molecule has 0 N–H and O–H groups in total. The Morgan fingerprint density at radius 1 is 0.216 bits per heavy atom. The second-order valence-corrected chi connectivity index (χ2v) is 19.2. The van der Waals surface area contributed by atoms with Gasteiger partial charge >= 0.3 is 0 Å². The zero-order valence-corrected chi connectivity index (χ0v) is 40.8. The van der Waals surface area contributed by atoms with Gasteiger partial charge in [0.25, 0.3) is 11.8 Å². The number of aromatic nitrogens is 2. The lowest BCUT2D eigenvalue weighted by molar-refractivity contribution is 0.334. The number of fused-ring (bicyclic) bond motifs is 12. The maximum Gasteiger partial charge on any atom is 0.278 e. The Hall–Kier alpha value is -9.64. The van der Waals surface area contributed by atoms with Crippen molar-refractivity contribution in [3.8, 4) is 78.5 Å². The van der Waals surface area contributed by atoms with Gasteiger partial charge in [0.2, 0.25) is 0 Å². The molecule has 14 rings (SSSR count). The van der Waals surface area contributed by atoms with Crippen molar-refractivity contribution < 1.29 is 9.47 Å². The number of ether oxygens (including phenoxy) is 2. The van der Waals surface area contributed by atoms with Crippen molar-refractivity contribution in [1.29, 1.82) is 0 Å². The summed E-state index contributed by atoms with van der Waals surface area (Å²) in [6.45, 7) is 0. The molecule has 0 bridgehead atoms. The van der Waals surface area contributed by atoms with Crippen LogP contribution < -0.4 is 9.47 Å². The molecule has 74 heavy (non-hydrogen) atoms. The molecule has 0 spiro atoms. The summed E-state index contributed by atoms with van der Waals surface area (Å²) < 4.78 is 11.4. The maximum absolute atomic E-state index is 5.71. The van der Waals surface area contributed by atoms with Crippen LogP contribution in [0.25, 0.3) is 142 Å². The maximum atomic E-state index is 5.71. The first-order valence-corrected chi connectivity index (χ1v) is 25.1. The Morgan fingerprint density at radius 3 is 0.851 bits per heavy atom. The SMILES string of the molecule is COc1nc2c3ccc(-c4cccc(-c5cccc(-c6ccc7c(ccc8ccccc87)c6)c5)c4)cc3c3cc(-c4cccc(-c5cccc(-c6ccc7c(ccc8ccccc87)c6)c5)c4)ccc3c2nc1OC. The predicted octanol–water partition coefficient (Wildman–Crippen LogP) is 18.6. The minimum Gasteiger partial charge on any atom is -0.477 e. The van der Waals surface area contributed by atoms with Crippen LogP contribution in [0.4, 0.5) is 0 Å². The van der Waals surface area contributed by atoms with Crippen molar-refractivity contribution >= 4 is 75.7 Å². The summed E-state index contributed by atoms with van der Waals surface area (Å²) in [4.78, 5) is 10.1. The summed E-state index contributed by atoms with van der Waals surface area (Å²) in [6.07, 6.45) is 0. The van der Waals surface area contributed by atoms with Gasteiger partial charge in [-0.3, -0.25) is 0 Å². The Bertz CT molecular complexity index is 4300. The second kappa shape index (κ2) is 17.6. The molecule has 0 saturated heterocycles. The Morgan fingerprint density at radius 2 is 0.500 bits per heavy atom. The van der Waals surface area contributed by atoms with Crippen LogP contribution in [0.15, 0.2) is 243 Å². The highest BCUT2D eigenvalue weighted by atomic mass is 16.5. The molecule has 0 amide bonds. The zero-order chi connectivity index (χ0) is 49.3. The Labute approximate surface area is 428 Å². The van der Waals surface area contributed by atoms with Crippen LogP contribution in [-0.4, -0.2) is 24.2 Å². The summed E-state index contributed by atoms with van der Waals surface area (Å²) in [5.74, 6) is 0.701. The molecule has 14 aromatic rings. The molecule has 4 heteroatoms. The highest BCUT2D eigenvalue weighted by Gasteiger charge is 2.19. The minimum absolute atomic E-state index is 0.351. The molecule has 0 aliphatic rings. The van der Waals surface area contributed by atoms with E-state index in [9.17, 15) is 0 Å². The van der Waals surface area contributed by atoms with E-state index in [1.807, 2.05) is 0 Å². The zero-order valence-electron chi connectivity index (χ0n) is 40.8. The van der Waals surface area contributed by atoms with Crippen LogP contribution in [0, 0.1) is 0 Å². The van der Waals surface area contributed by atoms with Gasteiger partial charge in [-0.2, -0.15) is 0 Å². The highest BCUT2D eigenvalue weighted by molar-refractivity contribution is 6.24. The third-order valence-electron chi connectivity index (χ3n) is 15.0. The molecule has 0 aliphatic heterocycles. The number of hydrogen-bond acceptors (Lipinski definition) is 4. The van der Waals surface area contributed by atoms with Gasteiger partial charge in [0, 0.05) is 10.8 Å². The first kappa shape index (κ1) is 43.2. The Kier molecular flexibility index (Phi) is 10.3. The third-order valence-corrected chi connectivity index (χ3v) is 15.0. The highest BCUT2D eigenvalue weighted by Crippen LogP contribution is 2.42. The van der Waals surface area contributed by atoms with E-state index >= 15 is 0 Å². The fraction of sp³-hybridized carbons (Fsp3) is 0.0286. The van der Waals surface area contributed by atoms with Gasteiger partial charge in [-0.05, 0) is 169 Å². The van der Waals surface area contributed by atoms with Crippen molar-refractivity contribution in [2.75, 3.05) is 14.2 Å². The molecule has 0 atom stereocenters. The quantitative estimate of drug-likeness (QED) is 0.142. The average Bonchev–Trinajstić information content (AvgIpc) is 3.51. The molecular formula is C70H46N2O2. The second-order valence-electron chi connectivity index (χ2n) is 19.2. The van der Waals surface area contributed by atoms with Gasteiger partial charge in [0.1, 0.15) is 11.0 Å². The molecule has 0 fully saturated rings. The molecule has 0 saturated carbocycles. The van der Waals surface area contributed by atoms with Gasteiger partial charge in [0.15, 0.2) is 0 Å². The van der Waals surface area contributed by atoms with Crippen LogP contribution in [0.1, 0.15) is 0 Å². The lowest BCUT2D eigenvalue weighted by Crippen LogP contribution is -1.99. The molecule has 348 valence electrons. The monoisotopic (exact) mass is 946 g/mol. The summed E-state index contributed by atoms with van der Waals surface area (Å²) in [6, 6.07) is 88.6. The summed E-state index contributed by atoms with van der Waals surface area (Å²) in [5.41, 5.74) is 15.4. The summed E-state index contributed by atoms with van der Waals surface area (Å²) in [7, 11) is 3.21. The third kappa shape index (κ3) is 7.38. The molecule has 13 aromatic carbocycles. The largest absolute Gasteiger partial charge is 0.477 e. The van der Waals surface area contributed by atoms with Crippen LogP contribution in [-0.2, 0) is 0 Å². The topological polar surface area (TPSA) is 44.2 Å². The standard InChI is InChI=1S/C70H46N2O2/c1-73-69-70(74-2)72-68-64-34-30-56(52-20-10-16-48(38-52)46-14-8-18-50(36-46)54-28-32-62-58(40-54)26-24-44-12-4-6-22-60(44)62)42-66(64)65-41-55(29-33-63(65)67(68)71-69)51-19-9-15-47(37-51)45-13-7-17-49(35-45)53-27-31-61-57(39-53)25-23-43-11-3-5-21-59(43)61/h3-42H,1-2H3. The number of hydrogen-bond donors (Lipinski definition) is 0. The lowest BCUT2D eigenvalue weighted by Gasteiger charge is -2.15. The van der Waals surface area contributed by atoms with Crippen molar-refractivity contribution in [2.45, 2.75) is 0 Å². The molecule has 0 aliphatic carbocycles. The van der Waals surface area contributed by atoms with E-state index in [0.717, 1.165) is 77.1 Å². The molecule has 1 aromatic heterocycles. The first-order valence-electron chi connectivity index (χ1n) is 25.1. The molecule has 0 unspecified atom stereocenters. The van der Waals surface area contributed by atoms with Crippen molar-refractivity contribution in [3.63, 3.8) is 0 Å². The van der Waals surface area contributed by atoms with Gasteiger partial charge < -0.3 is 9.47 Å². The number of methoxy groups -OCH3 is 2. The van der Waals surface area contributed by atoms with Crippen LogP contribution >= 0.6 is 0 Å². The van der Waals surface area contributed by atoms with Crippen LogP contribution in [0.3, 0.4) is 0 Å². The fourth-order valence-corrected chi connectivity index (χ4v) is 11.3. The predicted molar refractivity (Wildman–Crippen MR) is 310 cm³/mol. The van der Waals surface area contributed by atoms with E-state index in [1.54, 1.807) is 14.2 Å². The van der Waals surface area contributed by atoms with Crippen LogP contribution in [0.5, 0.6) is 11.8 Å². The molecule has 0 radical (unpaired) electrons. The van der Waals surface area contributed by atoms with E-state index in [0.29, 0.717) is 11.8 Å². The van der Waals surface area contributed by atoms with E-state index in [4.69, 9.17) is 19.4 Å². The smallest absolute Gasteiger partial charge is 0.278 e. The van der Waals surface area contributed by atoms with Crippen LogP contribution in [0.2, 0.25) is 0 Å². The molecule has 4 nitrogen and oxygen atoms in total. The van der Waals surface area contributed by atoms with Crippen molar-refractivity contribution in [3.05, 3.63) is 243 Å². The van der Waals surface area contributed by atoms with Gasteiger partial charge in [0.05, 0.1) is 14.2 Å². The number of rotatable bonds is 8. The van der Waals surface area contributed by atoms with E-state index in [-0.39, 0.29) is 0 Å². The van der Waals surface area contributed by atoms with Crippen molar-refractivity contribution in [2.24, 2.45) is 0 Å². The summed E-state index contributed by atoms with van der Waals surface area (Å²) >= 11 is 0. The van der Waals surface area contributed by atoms with Gasteiger partial charge in [-0.25, -0.2) is 9.97 Å². The first-order chi connectivity index (χ1) is 36.5. The minimum atomic E-state index is 0.351. The number of benzene rings is 13. The average molecular weight is 947 g/mol. The lowest BCUT2D eigenvalue weighted by atomic mass is 9.91. The Balaban J connectivity index is 0.845. The molecular weight excluding hydrogens is 901 g/mol. The van der Waals surface area contributed by atoms with E-state index in [2.05, 4.69) is 243 Å². The van der Waals surface area contributed by atoms with E-state index < -0.39 is 0 Å². The van der Waals surface area contributed by atoms with Gasteiger partial charge in [-0.1, -0.05) is 194 Å².